The summed E-state index contributed by atoms with van der Waals surface area (Å²) in [6.45, 7) is -0.252. The molecule has 1 aromatic carbocycles. The molecule has 1 unspecified atom stereocenters. The number of furan rings is 2. The molecule has 3 heterocycles. The van der Waals surface area contributed by atoms with Crippen molar-refractivity contribution in [2.45, 2.75) is 19.0 Å². The number of carbonyl (C=O) groups is 3. The highest BCUT2D eigenvalue weighted by Crippen LogP contribution is 2.33. The molecule has 0 saturated heterocycles. The minimum absolute atomic E-state index is 0.238. The fraction of sp³-hybridized carbons (Fsp3) is 0.182. The van der Waals surface area contributed by atoms with Crippen molar-refractivity contribution in [1.29, 1.82) is 0 Å². The van der Waals surface area contributed by atoms with Crippen molar-refractivity contribution in [3.63, 3.8) is 0 Å². The van der Waals surface area contributed by atoms with E-state index in [0.29, 0.717) is 23.7 Å². The summed E-state index contributed by atoms with van der Waals surface area (Å²) in [5, 5.41) is 8.08. The summed E-state index contributed by atoms with van der Waals surface area (Å²) in [6, 6.07) is 12.3. The third kappa shape index (κ3) is 4.69. The van der Waals surface area contributed by atoms with Gasteiger partial charge in [-0.25, -0.2) is 14.6 Å². The van der Waals surface area contributed by atoms with Gasteiger partial charge in [0.15, 0.2) is 6.61 Å². The Morgan fingerprint density at radius 3 is 2.50 bits per heavy atom. The van der Waals surface area contributed by atoms with Crippen LogP contribution in [0.3, 0.4) is 0 Å². The van der Waals surface area contributed by atoms with E-state index in [1.54, 1.807) is 48.5 Å². The van der Waals surface area contributed by atoms with Gasteiger partial charge in [0.05, 0.1) is 18.1 Å². The van der Waals surface area contributed by atoms with Gasteiger partial charge in [-0.05, 0) is 42.0 Å². The molecule has 4 rings (SSSR count). The normalized spacial score (nSPS) is 15.3. The number of nitrogens with two attached hydrogens (primary N) is 1. The van der Waals surface area contributed by atoms with Crippen molar-refractivity contribution < 1.29 is 28.0 Å². The first-order valence-corrected chi connectivity index (χ1v) is 9.77. The molecule has 3 N–H and O–H groups in total. The first-order valence-electron chi connectivity index (χ1n) is 9.77. The highest BCUT2D eigenvalue weighted by atomic mass is 16.5. The molecule has 3 aromatic rings. The van der Waals surface area contributed by atoms with Gasteiger partial charge in [0, 0.05) is 13.0 Å². The van der Waals surface area contributed by atoms with E-state index in [1.807, 2.05) is 0 Å². The minimum Gasteiger partial charge on any atom is -0.467 e. The van der Waals surface area contributed by atoms with Crippen molar-refractivity contribution in [3.8, 4) is 0 Å². The number of benzene rings is 1. The smallest absolute Gasteiger partial charge is 0.338 e. The summed E-state index contributed by atoms with van der Waals surface area (Å²) >= 11 is 0. The lowest BCUT2D eigenvalue weighted by Gasteiger charge is -2.19. The third-order valence-electron chi connectivity index (χ3n) is 4.83. The van der Waals surface area contributed by atoms with Crippen LogP contribution in [0, 0.1) is 0 Å². The van der Waals surface area contributed by atoms with Crippen molar-refractivity contribution in [1.82, 2.24) is 10.3 Å². The van der Waals surface area contributed by atoms with Crippen LogP contribution in [0.15, 0.2) is 75.0 Å². The molecule has 3 amide bonds. The maximum Gasteiger partial charge on any atom is 0.338 e. The Bertz CT molecular complexity index is 1120. The van der Waals surface area contributed by atoms with Crippen LogP contribution in [-0.4, -0.2) is 35.2 Å². The SMILES string of the molecule is NC(=O)NCc1ccc(C(=O)OCC(=O)N2N=C(c3ccco3)CC2c2ccco2)cc1. The second kappa shape index (κ2) is 9.21. The number of nitrogens with one attached hydrogen (secondary N) is 1. The first-order chi connectivity index (χ1) is 15.5. The monoisotopic (exact) mass is 436 g/mol. The standard InChI is InChI=1S/C22H20N4O6/c23-22(29)24-12-14-5-7-15(8-6-14)21(28)32-13-20(27)26-17(19-4-2-10-31-19)11-16(25-26)18-3-1-9-30-18/h1-10,17H,11-13H2,(H3,23,24,29). The highest BCUT2D eigenvalue weighted by molar-refractivity contribution is 6.01. The van der Waals surface area contributed by atoms with Crippen LogP contribution in [0.25, 0.3) is 0 Å². The lowest BCUT2D eigenvalue weighted by Crippen LogP contribution is -2.31. The van der Waals surface area contributed by atoms with Crippen LogP contribution < -0.4 is 11.1 Å². The maximum atomic E-state index is 12.8. The second-order valence-corrected chi connectivity index (χ2v) is 6.99. The molecular formula is C22H20N4O6. The number of hydrazone groups is 1. The zero-order valence-corrected chi connectivity index (χ0v) is 16.9. The summed E-state index contributed by atoms with van der Waals surface area (Å²) in [5.41, 5.74) is 6.66. The number of amides is 3. The van der Waals surface area contributed by atoms with E-state index in [0.717, 1.165) is 5.56 Å². The van der Waals surface area contributed by atoms with Gasteiger partial charge in [-0.1, -0.05) is 12.1 Å². The molecule has 0 spiro atoms. The van der Waals surface area contributed by atoms with Crippen molar-refractivity contribution in [3.05, 3.63) is 83.7 Å². The minimum atomic E-state index is -0.656. The zero-order chi connectivity index (χ0) is 22.5. The van der Waals surface area contributed by atoms with E-state index in [2.05, 4.69) is 10.4 Å². The predicted octanol–water partition coefficient (Wildman–Crippen LogP) is 2.58. The number of carbonyl (C=O) groups excluding carboxylic acids is 3. The van der Waals surface area contributed by atoms with Crippen molar-refractivity contribution in [2.24, 2.45) is 10.8 Å². The molecule has 0 saturated carbocycles. The van der Waals surface area contributed by atoms with Gasteiger partial charge in [0.2, 0.25) is 0 Å². The third-order valence-corrected chi connectivity index (χ3v) is 4.83. The molecule has 0 bridgehead atoms. The number of ether oxygens (including phenoxy) is 1. The highest BCUT2D eigenvalue weighted by Gasteiger charge is 2.36. The molecule has 1 aliphatic rings. The molecule has 10 heteroatoms. The second-order valence-electron chi connectivity index (χ2n) is 6.99. The molecule has 2 aromatic heterocycles. The van der Waals surface area contributed by atoms with Gasteiger partial charge >= 0.3 is 12.0 Å². The number of urea groups is 1. The topological polar surface area (TPSA) is 140 Å². The van der Waals surface area contributed by atoms with Crippen LogP contribution in [0.2, 0.25) is 0 Å². The predicted molar refractivity (Wildman–Crippen MR) is 111 cm³/mol. The fourth-order valence-electron chi connectivity index (χ4n) is 3.26. The average molecular weight is 436 g/mol. The zero-order valence-electron chi connectivity index (χ0n) is 16.9. The van der Waals surface area contributed by atoms with Crippen LogP contribution >= 0.6 is 0 Å². The maximum absolute atomic E-state index is 12.8. The molecule has 32 heavy (non-hydrogen) atoms. The summed E-state index contributed by atoms with van der Waals surface area (Å²) in [4.78, 5) is 35.9. The number of hydrogen-bond acceptors (Lipinski definition) is 7. The van der Waals surface area contributed by atoms with Crippen LogP contribution in [0.4, 0.5) is 4.79 Å². The lowest BCUT2D eigenvalue weighted by molar-refractivity contribution is -0.136. The largest absolute Gasteiger partial charge is 0.467 e. The summed E-state index contributed by atoms with van der Waals surface area (Å²) < 4.78 is 16.0. The Morgan fingerprint density at radius 2 is 1.84 bits per heavy atom. The lowest BCUT2D eigenvalue weighted by atomic mass is 10.1. The molecule has 0 aliphatic carbocycles. The molecule has 1 atom stereocenters. The number of primary amides is 1. The number of rotatable bonds is 7. The fourth-order valence-corrected chi connectivity index (χ4v) is 3.26. The Morgan fingerprint density at radius 1 is 1.09 bits per heavy atom. The first kappa shape index (κ1) is 20.9. The van der Waals surface area contributed by atoms with Crippen molar-refractivity contribution >= 4 is 23.6 Å². The van der Waals surface area contributed by atoms with Crippen LogP contribution in [-0.2, 0) is 16.1 Å². The van der Waals surface area contributed by atoms with E-state index in [-0.39, 0.29) is 12.1 Å². The molecule has 1 aliphatic heterocycles. The Hall–Kier alpha value is -4.34. The number of hydrogen-bond donors (Lipinski definition) is 2. The Kier molecular flexibility index (Phi) is 6.02. The van der Waals surface area contributed by atoms with E-state index in [9.17, 15) is 14.4 Å². The molecular weight excluding hydrogens is 416 g/mol. The molecule has 10 nitrogen and oxygen atoms in total. The molecule has 164 valence electrons. The number of esters is 1. The van der Waals surface area contributed by atoms with Gasteiger partial charge in [-0.3, -0.25) is 4.79 Å². The van der Waals surface area contributed by atoms with Gasteiger partial charge in [-0.2, -0.15) is 5.10 Å². The van der Waals surface area contributed by atoms with Gasteiger partial charge in [0.25, 0.3) is 5.91 Å². The summed E-state index contributed by atoms with van der Waals surface area (Å²) in [5.74, 6) is -0.0322. The van der Waals surface area contributed by atoms with Gasteiger partial charge < -0.3 is 24.6 Å². The Balaban J connectivity index is 1.40. The van der Waals surface area contributed by atoms with E-state index < -0.39 is 30.6 Å². The molecule has 0 radical (unpaired) electrons. The van der Waals surface area contributed by atoms with E-state index in [1.165, 1.54) is 17.5 Å². The Labute approximate surface area is 182 Å². The van der Waals surface area contributed by atoms with Gasteiger partial charge in [0.1, 0.15) is 23.3 Å². The quantitative estimate of drug-likeness (QED) is 0.546. The van der Waals surface area contributed by atoms with Crippen LogP contribution in [0.1, 0.15) is 39.9 Å². The van der Waals surface area contributed by atoms with Crippen molar-refractivity contribution in [2.75, 3.05) is 6.61 Å². The average Bonchev–Trinajstić information content (AvgIpc) is 3.56. The van der Waals surface area contributed by atoms with E-state index in [4.69, 9.17) is 19.3 Å². The van der Waals surface area contributed by atoms with Gasteiger partial charge in [-0.15, -0.1) is 0 Å². The van der Waals surface area contributed by atoms with E-state index >= 15 is 0 Å². The summed E-state index contributed by atoms with van der Waals surface area (Å²) in [6.07, 6.45) is 3.45. The molecule has 0 fully saturated rings. The number of nitrogens with zero attached hydrogens (tertiary/aromatic N) is 2. The summed E-state index contributed by atoms with van der Waals surface area (Å²) in [7, 11) is 0. The van der Waals surface area contributed by atoms with Crippen LogP contribution in [0.5, 0.6) is 0 Å².